The van der Waals surface area contributed by atoms with Crippen LogP contribution in [0.15, 0.2) is 35.4 Å². The van der Waals surface area contributed by atoms with Gasteiger partial charge in [0.2, 0.25) is 0 Å². The van der Waals surface area contributed by atoms with Crippen molar-refractivity contribution in [2.45, 2.75) is 18.8 Å². The average molecular weight is 374 g/mol. The Hall–Kier alpha value is -2.28. The molecule has 2 aliphatic carbocycles. The monoisotopic (exact) mass is 374 g/mol. The zero-order valence-electron chi connectivity index (χ0n) is 15.1. The molecular weight excluding hydrogens is 350 g/mol. The molecule has 1 aliphatic heterocycles. The van der Waals surface area contributed by atoms with Crippen molar-refractivity contribution in [2.24, 2.45) is 11.8 Å². The molecule has 3 N–H and O–H groups in total. The van der Waals surface area contributed by atoms with Crippen LogP contribution in [0.1, 0.15) is 23.2 Å². The molecule has 2 unspecified atom stereocenters. The molecule has 0 aromatic heterocycles. The number of carbonyl (C=O) groups excluding carboxylic acids is 1. The largest absolute Gasteiger partial charge is 0.399 e. The van der Waals surface area contributed by atoms with Gasteiger partial charge in [-0.25, -0.2) is 8.78 Å². The molecule has 5 nitrogen and oxygen atoms in total. The third-order valence-electron chi connectivity index (χ3n) is 6.20. The van der Waals surface area contributed by atoms with E-state index in [-0.39, 0.29) is 17.4 Å². The molecule has 1 saturated heterocycles. The van der Waals surface area contributed by atoms with E-state index in [1.54, 1.807) is 29.2 Å². The molecule has 0 bridgehead atoms. The second-order valence-electron chi connectivity index (χ2n) is 7.69. The first kappa shape index (κ1) is 18.1. The summed E-state index contributed by atoms with van der Waals surface area (Å²) >= 11 is 0. The number of carbonyl (C=O) groups is 1. The number of nitrogens with zero attached hydrogens (tertiary/aromatic N) is 2. The standard InChI is InChI=1S/C20H24F2N4O/c21-20(22)17-6-5-16(17)18(20)14(11-23)12-25-7-9-26(10-8-25)19(27)13-1-3-15(24)4-2-13/h1-4,11,16-17,23H,5-10,12,24H2/b18-14-,23-11?. The van der Waals surface area contributed by atoms with Gasteiger partial charge < -0.3 is 16.0 Å². The van der Waals surface area contributed by atoms with Crippen LogP contribution >= 0.6 is 0 Å². The molecule has 2 saturated carbocycles. The third-order valence-corrected chi connectivity index (χ3v) is 6.20. The van der Waals surface area contributed by atoms with Crippen LogP contribution in [-0.2, 0) is 0 Å². The smallest absolute Gasteiger partial charge is 0.273 e. The van der Waals surface area contributed by atoms with Crippen molar-refractivity contribution in [3.8, 4) is 0 Å². The van der Waals surface area contributed by atoms with Gasteiger partial charge in [-0.1, -0.05) is 0 Å². The molecule has 27 heavy (non-hydrogen) atoms. The zero-order chi connectivity index (χ0) is 19.2. The Morgan fingerprint density at radius 1 is 1.19 bits per heavy atom. The molecule has 3 aliphatic rings. The van der Waals surface area contributed by atoms with Crippen molar-refractivity contribution >= 4 is 17.8 Å². The Balaban J connectivity index is 1.37. The van der Waals surface area contributed by atoms with Crippen LogP contribution in [0.3, 0.4) is 0 Å². The number of halogens is 2. The van der Waals surface area contributed by atoms with E-state index < -0.39 is 11.8 Å². The summed E-state index contributed by atoms with van der Waals surface area (Å²) in [6.45, 7) is 2.69. The van der Waals surface area contributed by atoms with Gasteiger partial charge >= 0.3 is 0 Å². The number of anilines is 1. The number of benzene rings is 1. The number of nitrogens with two attached hydrogens (primary N) is 1. The maximum atomic E-state index is 14.2. The van der Waals surface area contributed by atoms with E-state index in [4.69, 9.17) is 11.1 Å². The van der Waals surface area contributed by atoms with E-state index in [2.05, 4.69) is 4.90 Å². The van der Waals surface area contributed by atoms with Gasteiger partial charge in [-0.15, -0.1) is 0 Å². The van der Waals surface area contributed by atoms with Gasteiger partial charge in [-0.2, -0.15) is 0 Å². The summed E-state index contributed by atoms with van der Waals surface area (Å²) in [6, 6.07) is 6.85. The lowest BCUT2D eigenvalue weighted by atomic mass is 9.52. The SMILES string of the molecule is N=C/C(CN1CCN(C(=O)c2ccc(N)cc2)CC1)=C1\C2CCC2C1(F)F. The minimum absolute atomic E-state index is 0.0232. The van der Waals surface area contributed by atoms with Crippen LogP contribution in [0.25, 0.3) is 0 Å². The van der Waals surface area contributed by atoms with Crippen molar-refractivity contribution in [3.05, 3.63) is 41.0 Å². The summed E-state index contributed by atoms with van der Waals surface area (Å²) in [5, 5.41) is 7.62. The van der Waals surface area contributed by atoms with Crippen LogP contribution in [0.2, 0.25) is 0 Å². The first-order valence-electron chi connectivity index (χ1n) is 9.40. The number of fused-ring (bicyclic) bond motifs is 1. The van der Waals surface area contributed by atoms with Gasteiger partial charge in [-0.3, -0.25) is 9.69 Å². The summed E-state index contributed by atoms with van der Waals surface area (Å²) in [4.78, 5) is 16.4. The van der Waals surface area contributed by atoms with E-state index in [9.17, 15) is 13.6 Å². The second kappa shape index (κ2) is 6.71. The van der Waals surface area contributed by atoms with Crippen LogP contribution in [0.5, 0.6) is 0 Å². The fourth-order valence-electron chi connectivity index (χ4n) is 4.45. The highest BCUT2D eigenvalue weighted by Gasteiger charge is 2.65. The Morgan fingerprint density at radius 3 is 2.37 bits per heavy atom. The molecule has 3 fully saturated rings. The summed E-state index contributed by atoms with van der Waals surface area (Å²) in [7, 11) is 0. The number of hydrogen-bond donors (Lipinski definition) is 2. The number of hydrogen-bond acceptors (Lipinski definition) is 4. The molecule has 0 radical (unpaired) electrons. The van der Waals surface area contributed by atoms with Crippen molar-refractivity contribution in [2.75, 3.05) is 38.5 Å². The van der Waals surface area contributed by atoms with Crippen molar-refractivity contribution in [1.29, 1.82) is 5.41 Å². The molecule has 7 heteroatoms. The van der Waals surface area contributed by atoms with E-state index in [1.807, 2.05) is 0 Å². The topological polar surface area (TPSA) is 73.4 Å². The van der Waals surface area contributed by atoms with E-state index in [1.165, 1.54) is 0 Å². The van der Waals surface area contributed by atoms with Crippen LogP contribution < -0.4 is 5.73 Å². The Labute approximate surface area is 157 Å². The highest BCUT2D eigenvalue weighted by atomic mass is 19.3. The fourth-order valence-corrected chi connectivity index (χ4v) is 4.45. The van der Waals surface area contributed by atoms with Gasteiger partial charge in [0.1, 0.15) is 0 Å². The van der Waals surface area contributed by atoms with Gasteiger partial charge in [0.05, 0.1) is 0 Å². The van der Waals surface area contributed by atoms with Gasteiger partial charge in [0.25, 0.3) is 11.8 Å². The summed E-state index contributed by atoms with van der Waals surface area (Å²) in [6.07, 6.45) is 2.51. The van der Waals surface area contributed by atoms with Crippen LogP contribution in [-0.4, -0.2) is 60.6 Å². The zero-order valence-corrected chi connectivity index (χ0v) is 15.1. The molecule has 1 amide bonds. The lowest BCUT2D eigenvalue weighted by Gasteiger charge is -2.55. The molecule has 1 heterocycles. The van der Waals surface area contributed by atoms with Crippen molar-refractivity contribution in [1.82, 2.24) is 9.80 Å². The lowest BCUT2D eigenvalue weighted by molar-refractivity contribution is -0.154. The number of alkyl halides is 2. The first-order valence-corrected chi connectivity index (χ1v) is 9.40. The Morgan fingerprint density at radius 2 is 1.85 bits per heavy atom. The molecule has 2 atom stereocenters. The first-order chi connectivity index (χ1) is 12.9. The van der Waals surface area contributed by atoms with Crippen LogP contribution in [0, 0.1) is 17.2 Å². The highest BCUT2D eigenvalue weighted by molar-refractivity contribution is 5.94. The maximum Gasteiger partial charge on any atom is 0.273 e. The molecule has 1 aromatic rings. The fraction of sp³-hybridized carbons (Fsp3) is 0.500. The Bertz CT molecular complexity index is 782. The number of nitrogens with one attached hydrogen (secondary N) is 1. The number of allylic oxidation sites excluding steroid dienone is 1. The highest BCUT2D eigenvalue weighted by Crippen LogP contribution is 2.63. The van der Waals surface area contributed by atoms with Gasteiger partial charge in [0.15, 0.2) is 0 Å². The van der Waals surface area contributed by atoms with E-state index >= 15 is 0 Å². The number of amides is 1. The summed E-state index contributed by atoms with van der Waals surface area (Å²) < 4.78 is 28.5. The Kier molecular flexibility index (Phi) is 4.50. The number of rotatable bonds is 4. The van der Waals surface area contributed by atoms with Gasteiger partial charge in [-0.05, 0) is 48.6 Å². The average Bonchev–Trinajstić information content (AvgIpc) is 2.63. The van der Waals surface area contributed by atoms with E-state index in [0.29, 0.717) is 56.0 Å². The normalized spacial score (nSPS) is 28.6. The quantitative estimate of drug-likeness (QED) is 0.629. The minimum Gasteiger partial charge on any atom is -0.399 e. The number of piperazine rings is 1. The van der Waals surface area contributed by atoms with Crippen molar-refractivity contribution < 1.29 is 13.6 Å². The van der Waals surface area contributed by atoms with E-state index in [0.717, 1.165) is 12.6 Å². The molecule has 4 rings (SSSR count). The lowest BCUT2D eigenvalue weighted by Crippen LogP contribution is -2.57. The molecular formula is C20H24F2N4O. The van der Waals surface area contributed by atoms with Crippen molar-refractivity contribution in [3.63, 3.8) is 0 Å². The second-order valence-corrected chi connectivity index (χ2v) is 7.69. The predicted molar refractivity (Wildman–Crippen MR) is 100 cm³/mol. The maximum absolute atomic E-state index is 14.2. The van der Waals surface area contributed by atoms with Crippen LogP contribution in [0.4, 0.5) is 14.5 Å². The molecule has 1 aromatic carbocycles. The summed E-state index contributed by atoms with van der Waals surface area (Å²) in [5.41, 5.74) is 7.52. The summed E-state index contributed by atoms with van der Waals surface area (Å²) in [5.74, 6) is -3.30. The predicted octanol–water partition coefficient (Wildman–Crippen LogP) is 2.65. The van der Waals surface area contributed by atoms with Gasteiger partial charge in [0, 0.05) is 61.7 Å². The number of nitrogen functional groups attached to an aromatic ring is 1. The molecule has 0 spiro atoms. The molecule has 144 valence electrons. The minimum atomic E-state index is -2.73. The third kappa shape index (κ3) is 3.04.